The van der Waals surface area contributed by atoms with Crippen LogP contribution in [-0.2, 0) is 15.4 Å². The number of nitrogens with zero attached hydrogens (tertiary/aromatic N) is 2. The minimum Gasteiger partial charge on any atom is -0.480 e. The molecule has 0 aromatic carbocycles. The first-order valence-corrected chi connectivity index (χ1v) is 11.4. The number of amides is 1. The summed E-state index contributed by atoms with van der Waals surface area (Å²) in [6, 6.07) is 2.62. The average Bonchev–Trinajstić information content (AvgIpc) is 3.01. The van der Waals surface area contributed by atoms with Crippen LogP contribution in [0.3, 0.4) is 0 Å². The molecule has 2 N–H and O–H groups in total. The Balaban J connectivity index is 2.35. The van der Waals surface area contributed by atoms with Gasteiger partial charge in [0.1, 0.15) is 21.3 Å². The zero-order chi connectivity index (χ0) is 22.9. The van der Waals surface area contributed by atoms with E-state index in [4.69, 9.17) is 4.74 Å². The molecule has 2 atom stereocenters. The quantitative estimate of drug-likeness (QED) is 0.589. The Kier molecular flexibility index (Phi) is 6.86. The van der Waals surface area contributed by atoms with E-state index in [9.17, 15) is 26.4 Å². The number of rotatable bonds is 7. The molecule has 1 amide bonds. The standard InChI is InChI=1S/C17H20BrF3N4O4S/c1-9-5-14(25-24-9)16(3,8-30(4,27)28)23-15(26)12-6-13(11(18)7-22-12)29-10(2)17(19,20)21/h5-7,10H,8H2,1-4H3,(H,23,26)(H,24,25)/t10-,16?/m0/s1. The van der Waals surface area contributed by atoms with E-state index in [0.29, 0.717) is 5.69 Å². The second-order valence-corrected chi connectivity index (χ2v) is 10.1. The minimum absolute atomic E-state index is 0.122. The number of nitrogens with one attached hydrogen (secondary N) is 2. The molecule has 0 radical (unpaired) electrons. The fourth-order valence-corrected chi connectivity index (χ4v) is 4.18. The molecule has 0 aliphatic rings. The van der Waals surface area contributed by atoms with Crippen LogP contribution in [0.25, 0.3) is 0 Å². The number of alkyl halides is 3. The highest BCUT2D eigenvalue weighted by atomic mass is 79.9. The van der Waals surface area contributed by atoms with Gasteiger partial charge in [0.2, 0.25) is 0 Å². The van der Waals surface area contributed by atoms with Gasteiger partial charge in [0, 0.05) is 24.2 Å². The third-order valence-corrected chi connectivity index (χ3v) is 5.73. The molecule has 2 heterocycles. The maximum absolute atomic E-state index is 12.8. The number of H-pyrrole nitrogens is 1. The van der Waals surface area contributed by atoms with Crippen molar-refractivity contribution in [3.8, 4) is 5.75 Å². The SMILES string of the molecule is Cc1cc(C(C)(CS(C)(=O)=O)NC(=O)c2cc(O[C@@H](C)C(F)(F)F)c(Br)cn2)n[nH]1. The van der Waals surface area contributed by atoms with E-state index in [-0.39, 0.29) is 21.6 Å². The highest BCUT2D eigenvalue weighted by molar-refractivity contribution is 9.10. The predicted molar refractivity (Wildman–Crippen MR) is 106 cm³/mol. The number of carbonyl (C=O) groups is 1. The Morgan fingerprint density at radius 3 is 2.50 bits per heavy atom. The van der Waals surface area contributed by atoms with Crippen LogP contribution in [0.5, 0.6) is 5.75 Å². The van der Waals surface area contributed by atoms with E-state index in [1.807, 2.05) is 0 Å². The predicted octanol–water partition coefficient (Wildman–Crippen LogP) is 2.90. The van der Waals surface area contributed by atoms with E-state index >= 15 is 0 Å². The summed E-state index contributed by atoms with van der Waals surface area (Å²) < 4.78 is 67.2. The summed E-state index contributed by atoms with van der Waals surface area (Å²) in [6.07, 6.45) is -4.58. The van der Waals surface area contributed by atoms with Crippen LogP contribution in [0, 0.1) is 6.92 Å². The van der Waals surface area contributed by atoms with Gasteiger partial charge in [-0.05, 0) is 42.8 Å². The van der Waals surface area contributed by atoms with Crippen molar-refractivity contribution in [1.29, 1.82) is 0 Å². The van der Waals surface area contributed by atoms with Crippen LogP contribution in [-0.4, -0.2) is 53.8 Å². The van der Waals surface area contributed by atoms with Crippen molar-refractivity contribution in [3.63, 3.8) is 0 Å². The Morgan fingerprint density at radius 2 is 2.00 bits per heavy atom. The molecule has 13 heteroatoms. The number of aromatic nitrogens is 3. The third kappa shape index (κ3) is 6.17. The van der Waals surface area contributed by atoms with Gasteiger partial charge in [0.25, 0.3) is 5.91 Å². The van der Waals surface area contributed by atoms with Crippen molar-refractivity contribution in [1.82, 2.24) is 20.5 Å². The van der Waals surface area contributed by atoms with E-state index < -0.39 is 39.3 Å². The van der Waals surface area contributed by atoms with Crippen molar-refractivity contribution in [3.05, 3.63) is 39.9 Å². The largest absolute Gasteiger partial charge is 0.480 e. The zero-order valence-electron chi connectivity index (χ0n) is 16.5. The molecular weight excluding hydrogens is 493 g/mol. The van der Waals surface area contributed by atoms with E-state index in [1.54, 1.807) is 13.0 Å². The van der Waals surface area contributed by atoms with Crippen LogP contribution < -0.4 is 10.1 Å². The van der Waals surface area contributed by atoms with Gasteiger partial charge >= 0.3 is 6.18 Å². The molecule has 0 saturated carbocycles. The van der Waals surface area contributed by atoms with Gasteiger partial charge in [-0.3, -0.25) is 9.89 Å². The summed E-state index contributed by atoms with van der Waals surface area (Å²) in [5, 5.41) is 9.29. The smallest absolute Gasteiger partial charge is 0.425 e. The van der Waals surface area contributed by atoms with Gasteiger partial charge in [-0.1, -0.05) is 0 Å². The number of aromatic amines is 1. The lowest BCUT2D eigenvalue weighted by Gasteiger charge is -2.28. The normalized spacial score (nSPS) is 15.3. The molecule has 0 spiro atoms. The number of ether oxygens (including phenoxy) is 1. The van der Waals surface area contributed by atoms with Crippen molar-refractivity contribution in [2.75, 3.05) is 12.0 Å². The van der Waals surface area contributed by atoms with Crippen molar-refractivity contribution in [2.24, 2.45) is 0 Å². The summed E-state index contributed by atoms with van der Waals surface area (Å²) in [4.78, 5) is 16.7. The molecule has 2 rings (SSSR count). The van der Waals surface area contributed by atoms with Gasteiger partial charge in [0.05, 0.1) is 21.5 Å². The second-order valence-electron chi connectivity index (χ2n) is 7.09. The number of hydrogen-bond acceptors (Lipinski definition) is 6. The van der Waals surface area contributed by atoms with E-state index in [0.717, 1.165) is 25.4 Å². The summed E-state index contributed by atoms with van der Waals surface area (Å²) in [7, 11) is -3.54. The number of carbonyl (C=O) groups excluding carboxylic acids is 1. The molecule has 0 saturated heterocycles. The van der Waals surface area contributed by atoms with Gasteiger partial charge in [0.15, 0.2) is 6.10 Å². The fourth-order valence-electron chi connectivity index (χ4n) is 2.61. The van der Waals surface area contributed by atoms with Crippen LogP contribution in [0.4, 0.5) is 13.2 Å². The topological polar surface area (TPSA) is 114 Å². The Bertz CT molecular complexity index is 1040. The van der Waals surface area contributed by atoms with Crippen LogP contribution >= 0.6 is 15.9 Å². The Hall–Kier alpha value is -2.15. The van der Waals surface area contributed by atoms with Gasteiger partial charge in [-0.15, -0.1) is 0 Å². The third-order valence-electron chi connectivity index (χ3n) is 4.03. The summed E-state index contributed by atoms with van der Waals surface area (Å²) in [5.74, 6) is -1.50. The minimum atomic E-state index is -4.60. The van der Waals surface area contributed by atoms with Crippen LogP contribution in [0.15, 0.2) is 22.8 Å². The molecular formula is C17H20BrF3N4O4S. The molecule has 1 unspecified atom stereocenters. The first-order valence-electron chi connectivity index (χ1n) is 8.52. The molecule has 0 fully saturated rings. The molecule has 0 aliphatic carbocycles. The highest BCUT2D eigenvalue weighted by Crippen LogP contribution is 2.30. The molecule has 2 aromatic rings. The molecule has 2 aromatic heterocycles. The average molecular weight is 513 g/mol. The molecule has 30 heavy (non-hydrogen) atoms. The lowest BCUT2D eigenvalue weighted by molar-refractivity contribution is -0.189. The van der Waals surface area contributed by atoms with E-state index in [1.165, 1.54) is 6.92 Å². The van der Waals surface area contributed by atoms with Gasteiger partial charge in [-0.2, -0.15) is 18.3 Å². The molecule has 0 aliphatic heterocycles. The van der Waals surface area contributed by atoms with Crippen molar-refractivity contribution < 1.29 is 31.1 Å². The maximum atomic E-state index is 12.8. The zero-order valence-corrected chi connectivity index (χ0v) is 18.9. The van der Waals surface area contributed by atoms with Crippen LogP contribution in [0.1, 0.15) is 35.7 Å². The fraction of sp³-hybridized carbons (Fsp3) is 0.471. The monoisotopic (exact) mass is 512 g/mol. The van der Waals surface area contributed by atoms with E-state index in [2.05, 4.69) is 36.4 Å². The lowest BCUT2D eigenvalue weighted by Crippen LogP contribution is -2.48. The number of sulfone groups is 1. The highest BCUT2D eigenvalue weighted by Gasteiger charge is 2.39. The second kappa shape index (κ2) is 8.53. The Morgan fingerprint density at radius 1 is 1.37 bits per heavy atom. The number of pyridine rings is 1. The molecule has 166 valence electrons. The van der Waals surface area contributed by atoms with Crippen molar-refractivity contribution >= 4 is 31.7 Å². The Labute approximate surface area is 179 Å². The summed E-state index contributed by atoms with van der Waals surface area (Å²) in [6.45, 7) is 4.01. The van der Waals surface area contributed by atoms with Gasteiger partial charge in [-0.25, -0.2) is 13.4 Å². The van der Waals surface area contributed by atoms with Crippen molar-refractivity contribution in [2.45, 2.75) is 38.6 Å². The maximum Gasteiger partial charge on any atom is 0.425 e. The summed E-state index contributed by atoms with van der Waals surface area (Å²) >= 11 is 3.04. The molecule has 8 nitrogen and oxygen atoms in total. The molecule has 0 bridgehead atoms. The first kappa shape index (κ1) is 24.1. The number of aryl methyl sites for hydroxylation is 1. The first-order chi connectivity index (χ1) is 13.6. The number of halogens is 4. The van der Waals surface area contributed by atoms with Gasteiger partial charge < -0.3 is 10.1 Å². The van der Waals surface area contributed by atoms with Crippen LogP contribution in [0.2, 0.25) is 0 Å². The summed E-state index contributed by atoms with van der Waals surface area (Å²) in [5.41, 5.74) is -0.741. The number of hydrogen-bond donors (Lipinski definition) is 2. The lowest BCUT2D eigenvalue weighted by atomic mass is 9.99.